The molecular formula is C40H53N2O15S3-3. The molecule has 0 saturated carbocycles. The van der Waals surface area contributed by atoms with E-state index in [-0.39, 0.29) is 32.2 Å². The zero-order valence-corrected chi connectivity index (χ0v) is 36.2. The van der Waals surface area contributed by atoms with Gasteiger partial charge in [0.15, 0.2) is 0 Å². The summed E-state index contributed by atoms with van der Waals surface area (Å²) in [7, 11) is -12.2. The molecule has 2 atom stereocenters. The van der Waals surface area contributed by atoms with Gasteiger partial charge in [0.1, 0.15) is 16.2 Å². The molecule has 2 aliphatic heterocycles. The Balaban J connectivity index is 1.63. The Labute approximate surface area is 352 Å². The fourth-order valence-corrected chi connectivity index (χ4v) is 8.78. The van der Waals surface area contributed by atoms with Gasteiger partial charge >= 0.3 is 5.97 Å². The molecule has 20 heteroatoms. The molecule has 1 aromatic rings. The van der Waals surface area contributed by atoms with Crippen molar-refractivity contribution >= 4 is 42.0 Å². The number of carboxylic acid groups (broad SMARTS) is 1. The van der Waals surface area contributed by atoms with E-state index >= 15 is 0 Å². The largest absolute Gasteiger partial charge is 0.748 e. The summed E-state index contributed by atoms with van der Waals surface area (Å²) in [4.78, 5) is 14.5. The molecule has 0 spiro atoms. The van der Waals surface area contributed by atoms with Crippen LogP contribution in [-0.2, 0) is 59.5 Å². The van der Waals surface area contributed by atoms with E-state index in [2.05, 4.69) is 0 Å². The summed E-state index contributed by atoms with van der Waals surface area (Å²) < 4.78 is 127. The first kappa shape index (κ1) is 48.8. The maximum absolute atomic E-state index is 12.1. The van der Waals surface area contributed by atoms with Gasteiger partial charge in [0.25, 0.3) is 0 Å². The summed E-state index contributed by atoms with van der Waals surface area (Å²) in [5.74, 6) is -2.08. The van der Waals surface area contributed by atoms with E-state index in [0.717, 1.165) is 16.8 Å². The highest BCUT2D eigenvalue weighted by atomic mass is 32.2. The molecule has 2 heterocycles. The van der Waals surface area contributed by atoms with Crippen molar-refractivity contribution in [2.24, 2.45) is 0 Å². The van der Waals surface area contributed by atoms with Crippen LogP contribution in [0.25, 0.3) is 0 Å². The average molecular weight is 898 g/mol. The van der Waals surface area contributed by atoms with E-state index in [1.54, 1.807) is 32.4 Å². The number of benzene rings is 1. The number of unbranched alkanes of at least 4 members (excludes halogenated alkanes) is 2. The summed E-state index contributed by atoms with van der Waals surface area (Å²) in [6, 6.07) is 4.05. The van der Waals surface area contributed by atoms with Crippen molar-refractivity contribution in [1.29, 1.82) is 0 Å². The lowest BCUT2D eigenvalue weighted by Gasteiger charge is -2.31. The lowest BCUT2D eigenvalue weighted by atomic mass is 9.77. The molecule has 0 aromatic heterocycles. The summed E-state index contributed by atoms with van der Waals surface area (Å²) in [5.41, 5.74) is 3.04. The number of methoxy groups -OCH3 is 1. The van der Waals surface area contributed by atoms with Crippen LogP contribution in [0.4, 0.5) is 5.69 Å². The first-order valence-electron chi connectivity index (χ1n) is 19.5. The molecule has 1 N–H and O–H groups in total. The van der Waals surface area contributed by atoms with Crippen LogP contribution in [-0.4, -0.2) is 132 Å². The van der Waals surface area contributed by atoms with Crippen molar-refractivity contribution in [3.8, 4) is 0 Å². The molecule has 3 aliphatic rings. The van der Waals surface area contributed by atoms with Crippen LogP contribution in [0, 0.1) is 0 Å². The number of fused-ring (bicyclic) bond motifs is 2. The van der Waals surface area contributed by atoms with Crippen molar-refractivity contribution in [2.75, 3.05) is 76.2 Å². The van der Waals surface area contributed by atoms with E-state index < -0.39 is 64.2 Å². The Hall–Kier alpha value is -3.86. The van der Waals surface area contributed by atoms with E-state index in [1.165, 1.54) is 18.2 Å². The second kappa shape index (κ2) is 22.3. The van der Waals surface area contributed by atoms with Gasteiger partial charge in [-0.1, -0.05) is 24.6 Å². The van der Waals surface area contributed by atoms with Crippen molar-refractivity contribution in [2.45, 2.75) is 68.3 Å². The number of nitrogens with zero attached hydrogens (tertiary/aromatic N) is 2. The Morgan fingerprint density at radius 1 is 0.900 bits per heavy atom. The Kier molecular flexibility index (Phi) is 18.1. The lowest BCUT2D eigenvalue weighted by molar-refractivity contribution is -0.137. The van der Waals surface area contributed by atoms with Crippen LogP contribution >= 0.6 is 0 Å². The number of rotatable bonds is 27. The fraction of sp³-hybridized carbons (Fsp3) is 0.525. The quantitative estimate of drug-likeness (QED) is 0.0977. The lowest BCUT2D eigenvalue weighted by Crippen LogP contribution is -2.31. The predicted octanol–water partition coefficient (Wildman–Crippen LogP) is 3.66. The van der Waals surface area contributed by atoms with Gasteiger partial charge in [-0.15, -0.1) is 0 Å². The van der Waals surface area contributed by atoms with Crippen LogP contribution in [0.2, 0.25) is 0 Å². The molecule has 1 aromatic carbocycles. The maximum Gasteiger partial charge on any atom is 0.303 e. The minimum Gasteiger partial charge on any atom is -0.748 e. The molecule has 334 valence electrons. The van der Waals surface area contributed by atoms with E-state index in [0.29, 0.717) is 82.3 Å². The molecule has 17 nitrogen and oxygen atoms in total. The standard InChI is InChI=1S/C40H56N2O15S3/c1-40(17-7-27-58(45,46)47)35-30-33(60(51,52)53)13-15-36(35)42(19-5-3-4-11-39(43)44)38(40)10-6-9-31-16-21-57-37-29-32(12-14-34(31)37)41(18-8-28-59(48,49)50)20-22-55-25-26-56-24-23-54-2/h6,9-10,12-16,21,29-30,37H,3-5,7-8,11,17-20,22-28H2,1-2H3,(H,43,44)(H,45,46,47)(H,48,49,50)(H,51,52,53)/p-3/b9-6+,38-10+. The molecule has 0 radical (unpaired) electrons. The zero-order valence-electron chi connectivity index (χ0n) is 33.7. The molecule has 0 bridgehead atoms. The van der Waals surface area contributed by atoms with Crippen molar-refractivity contribution in [3.05, 3.63) is 95.1 Å². The van der Waals surface area contributed by atoms with Gasteiger partial charge < -0.3 is 47.5 Å². The normalized spacial score (nSPS) is 19.8. The van der Waals surface area contributed by atoms with Gasteiger partial charge in [0.2, 0.25) is 0 Å². The SMILES string of the molecule is COCCOCCOCCN(CCCS(=O)(=O)[O-])C1=CC2OC=CC(/C=C/C=C3/N(CCCCCC(=O)O)c4ccc(S(=O)(=O)[O-])cc4C3(C)CCCS(=O)(=O)[O-])=C2C=C1. The van der Waals surface area contributed by atoms with Crippen molar-refractivity contribution < 1.29 is 67.8 Å². The highest BCUT2D eigenvalue weighted by Crippen LogP contribution is 2.51. The fourth-order valence-electron chi connectivity index (χ4n) is 7.30. The molecular weight excluding hydrogens is 845 g/mol. The predicted molar refractivity (Wildman–Crippen MR) is 219 cm³/mol. The second-order valence-corrected chi connectivity index (χ2v) is 19.0. The highest BCUT2D eigenvalue weighted by molar-refractivity contribution is 7.86. The summed E-state index contributed by atoms with van der Waals surface area (Å²) in [6.45, 7) is 4.80. The Morgan fingerprint density at radius 3 is 2.28 bits per heavy atom. The molecule has 2 unspecified atom stereocenters. The van der Waals surface area contributed by atoms with E-state index in [4.69, 9.17) is 24.1 Å². The van der Waals surface area contributed by atoms with E-state index in [1.807, 2.05) is 40.2 Å². The third-order valence-corrected chi connectivity index (χ3v) is 12.6. The van der Waals surface area contributed by atoms with Gasteiger partial charge in [-0.05, 0) is 92.7 Å². The summed E-state index contributed by atoms with van der Waals surface area (Å²) in [5, 5.41) is 9.11. The van der Waals surface area contributed by atoms with Gasteiger partial charge in [-0.2, -0.15) is 0 Å². The van der Waals surface area contributed by atoms with Crippen LogP contribution in [0.3, 0.4) is 0 Å². The van der Waals surface area contributed by atoms with Crippen LogP contribution in [0.1, 0.15) is 57.4 Å². The Morgan fingerprint density at radius 2 is 1.60 bits per heavy atom. The van der Waals surface area contributed by atoms with Gasteiger partial charge in [0.05, 0.1) is 64.4 Å². The zero-order chi connectivity index (χ0) is 44.0. The monoisotopic (exact) mass is 897 g/mol. The number of anilines is 1. The maximum atomic E-state index is 12.1. The molecule has 0 fully saturated rings. The third kappa shape index (κ3) is 14.9. The molecule has 0 saturated heterocycles. The average Bonchev–Trinajstić information content (AvgIpc) is 3.39. The highest BCUT2D eigenvalue weighted by Gasteiger charge is 2.43. The van der Waals surface area contributed by atoms with Crippen LogP contribution in [0.15, 0.2) is 94.4 Å². The first-order chi connectivity index (χ1) is 28.3. The van der Waals surface area contributed by atoms with Gasteiger partial charge in [-0.3, -0.25) is 4.79 Å². The van der Waals surface area contributed by atoms with E-state index in [9.17, 15) is 43.7 Å². The first-order valence-corrected chi connectivity index (χ1v) is 24.1. The molecule has 1 aliphatic carbocycles. The number of aliphatic carboxylic acids is 1. The summed E-state index contributed by atoms with van der Waals surface area (Å²) in [6.07, 6.45) is 15.7. The Bertz CT molecular complexity index is 2180. The molecule has 60 heavy (non-hydrogen) atoms. The number of allylic oxidation sites excluding steroid dienone is 7. The van der Waals surface area contributed by atoms with Crippen LogP contribution < -0.4 is 4.90 Å². The number of carbonyl (C=O) groups is 1. The number of carboxylic acids is 1. The van der Waals surface area contributed by atoms with Crippen molar-refractivity contribution in [3.63, 3.8) is 0 Å². The topological polar surface area (TPSA) is 252 Å². The number of hydrogen-bond acceptors (Lipinski definition) is 16. The number of ether oxygens (including phenoxy) is 4. The molecule has 0 amide bonds. The smallest absolute Gasteiger partial charge is 0.303 e. The minimum absolute atomic E-state index is 0.00100. The second-order valence-electron chi connectivity index (χ2n) is 14.6. The minimum atomic E-state index is -4.85. The molecule has 4 rings (SSSR count). The van der Waals surface area contributed by atoms with Gasteiger partial charge in [-0.25, -0.2) is 25.3 Å². The van der Waals surface area contributed by atoms with Crippen LogP contribution in [0.5, 0.6) is 0 Å². The van der Waals surface area contributed by atoms with Gasteiger partial charge in [0, 0.05) is 72.7 Å². The summed E-state index contributed by atoms with van der Waals surface area (Å²) >= 11 is 0. The van der Waals surface area contributed by atoms with Crippen molar-refractivity contribution in [1.82, 2.24) is 4.90 Å². The third-order valence-electron chi connectivity index (χ3n) is 10.2. The number of hydrogen-bond donors (Lipinski definition) is 1.